The summed E-state index contributed by atoms with van der Waals surface area (Å²) < 4.78 is 6.95. The van der Waals surface area contributed by atoms with E-state index in [4.69, 9.17) is 4.74 Å². The van der Waals surface area contributed by atoms with Crippen molar-refractivity contribution in [3.63, 3.8) is 0 Å². The van der Waals surface area contributed by atoms with E-state index in [0.717, 1.165) is 51.0 Å². The summed E-state index contributed by atoms with van der Waals surface area (Å²) in [6.07, 6.45) is 10.6. The van der Waals surface area contributed by atoms with Crippen LogP contribution in [-0.4, -0.2) is 40.8 Å². The SMILES string of the molecule is CC1CCC2(NC1)OC1CC3C4CC=C5CC(O)CCC5(C)C4C(O)CC3(C)C1C2C. The zero-order valence-electron chi connectivity index (χ0n) is 19.9. The minimum Gasteiger partial charge on any atom is -0.393 e. The van der Waals surface area contributed by atoms with Gasteiger partial charge in [-0.05, 0) is 91.8 Å². The minimum absolute atomic E-state index is 0.0648. The summed E-state index contributed by atoms with van der Waals surface area (Å²) in [5.41, 5.74) is 1.52. The quantitative estimate of drug-likeness (QED) is 0.504. The van der Waals surface area contributed by atoms with Gasteiger partial charge in [0.15, 0.2) is 0 Å². The molecule has 2 heterocycles. The third-order valence-corrected chi connectivity index (χ3v) is 11.5. The molecule has 174 valence electrons. The van der Waals surface area contributed by atoms with Crippen molar-refractivity contribution < 1.29 is 14.9 Å². The Labute approximate surface area is 188 Å². The molecule has 4 heteroatoms. The maximum Gasteiger partial charge on any atom is 0.122 e. The van der Waals surface area contributed by atoms with E-state index in [1.165, 1.54) is 18.4 Å². The second-order valence-corrected chi connectivity index (χ2v) is 13.0. The average molecular weight is 430 g/mol. The molecule has 12 unspecified atom stereocenters. The molecule has 5 fully saturated rings. The zero-order chi connectivity index (χ0) is 21.8. The summed E-state index contributed by atoms with van der Waals surface area (Å²) in [4.78, 5) is 0. The number of fused-ring (bicyclic) bond motifs is 7. The number of ether oxygens (including phenoxy) is 1. The Morgan fingerprint density at radius 3 is 2.65 bits per heavy atom. The molecule has 4 aliphatic carbocycles. The smallest absolute Gasteiger partial charge is 0.122 e. The molecule has 6 rings (SSSR count). The van der Waals surface area contributed by atoms with Crippen molar-refractivity contribution in [1.29, 1.82) is 0 Å². The number of aliphatic hydroxyl groups is 2. The summed E-state index contributed by atoms with van der Waals surface area (Å²) in [5.74, 6) is 3.31. The number of rotatable bonds is 0. The van der Waals surface area contributed by atoms with E-state index in [1.54, 1.807) is 0 Å². The monoisotopic (exact) mass is 429 g/mol. The standard InChI is InChI=1S/C27H43NO3/c1-15-7-10-27(28-14-15)16(2)23-22(31-27)12-20-19-6-5-17-11-18(29)8-9-25(17,3)24(19)21(30)13-26(20,23)4/h5,15-16,18-24,28-30H,6-14H2,1-4H3. The van der Waals surface area contributed by atoms with Crippen LogP contribution in [0, 0.1) is 46.3 Å². The van der Waals surface area contributed by atoms with Crippen molar-refractivity contribution in [2.75, 3.05) is 6.54 Å². The zero-order valence-corrected chi connectivity index (χ0v) is 19.9. The van der Waals surface area contributed by atoms with Crippen LogP contribution in [0.4, 0.5) is 0 Å². The van der Waals surface area contributed by atoms with Crippen LogP contribution in [0.5, 0.6) is 0 Å². The topological polar surface area (TPSA) is 61.7 Å². The number of hydrogen-bond donors (Lipinski definition) is 3. The molecule has 2 saturated heterocycles. The highest BCUT2D eigenvalue weighted by Gasteiger charge is 2.69. The van der Waals surface area contributed by atoms with E-state index >= 15 is 0 Å². The highest BCUT2D eigenvalue weighted by Crippen LogP contribution is 2.70. The van der Waals surface area contributed by atoms with Gasteiger partial charge in [0, 0.05) is 12.5 Å². The largest absolute Gasteiger partial charge is 0.393 e. The number of allylic oxidation sites excluding steroid dienone is 1. The van der Waals surface area contributed by atoms with Gasteiger partial charge < -0.3 is 14.9 Å². The molecule has 6 aliphatic rings. The second kappa shape index (κ2) is 6.81. The highest BCUT2D eigenvalue weighted by atomic mass is 16.5. The highest BCUT2D eigenvalue weighted by molar-refractivity contribution is 5.27. The van der Waals surface area contributed by atoms with E-state index in [1.807, 2.05) is 0 Å². The Balaban J connectivity index is 1.31. The number of hydrogen-bond acceptors (Lipinski definition) is 4. The van der Waals surface area contributed by atoms with Crippen molar-refractivity contribution in [3.8, 4) is 0 Å². The summed E-state index contributed by atoms with van der Waals surface area (Å²) in [6, 6.07) is 0. The summed E-state index contributed by atoms with van der Waals surface area (Å²) in [7, 11) is 0. The molecule has 3 N–H and O–H groups in total. The fourth-order valence-electron chi connectivity index (χ4n) is 9.97. The van der Waals surface area contributed by atoms with E-state index in [2.05, 4.69) is 39.1 Å². The first-order valence-corrected chi connectivity index (χ1v) is 13.2. The van der Waals surface area contributed by atoms with Crippen LogP contribution in [0.1, 0.15) is 79.1 Å². The van der Waals surface area contributed by atoms with Gasteiger partial charge in [-0.25, -0.2) is 0 Å². The molecule has 0 aromatic rings. The van der Waals surface area contributed by atoms with Gasteiger partial charge in [-0.2, -0.15) is 0 Å². The predicted octanol–water partition coefficient (Wildman–Crippen LogP) is 4.26. The van der Waals surface area contributed by atoms with Gasteiger partial charge in [-0.1, -0.05) is 39.3 Å². The van der Waals surface area contributed by atoms with Crippen LogP contribution in [-0.2, 0) is 4.74 Å². The van der Waals surface area contributed by atoms with E-state index in [0.29, 0.717) is 35.7 Å². The summed E-state index contributed by atoms with van der Waals surface area (Å²) >= 11 is 0. The van der Waals surface area contributed by atoms with E-state index < -0.39 is 0 Å². The number of piperidine rings is 1. The van der Waals surface area contributed by atoms with Crippen LogP contribution in [0.2, 0.25) is 0 Å². The molecule has 0 amide bonds. The molecule has 2 aliphatic heterocycles. The molecular weight excluding hydrogens is 386 g/mol. The molecular formula is C27H43NO3. The fraction of sp³-hybridized carbons (Fsp3) is 0.926. The summed E-state index contributed by atoms with van der Waals surface area (Å²) in [6.45, 7) is 10.7. The Kier molecular flexibility index (Phi) is 4.64. The molecule has 0 bridgehead atoms. The maximum atomic E-state index is 11.7. The molecule has 3 saturated carbocycles. The van der Waals surface area contributed by atoms with Crippen LogP contribution in [0.25, 0.3) is 0 Å². The second-order valence-electron chi connectivity index (χ2n) is 13.0. The lowest BCUT2D eigenvalue weighted by Gasteiger charge is -2.60. The third-order valence-electron chi connectivity index (χ3n) is 11.5. The van der Waals surface area contributed by atoms with E-state index in [-0.39, 0.29) is 28.8 Å². The van der Waals surface area contributed by atoms with Gasteiger partial charge in [0.1, 0.15) is 5.72 Å². The lowest BCUT2D eigenvalue weighted by Crippen LogP contribution is -2.59. The van der Waals surface area contributed by atoms with E-state index in [9.17, 15) is 10.2 Å². The van der Waals surface area contributed by atoms with Crippen LogP contribution >= 0.6 is 0 Å². The van der Waals surface area contributed by atoms with Gasteiger partial charge in [-0.3, -0.25) is 5.32 Å². The Bertz CT molecular complexity index is 772. The average Bonchev–Trinajstić information content (AvgIpc) is 3.15. The molecule has 12 atom stereocenters. The summed E-state index contributed by atoms with van der Waals surface area (Å²) in [5, 5.41) is 25.8. The Morgan fingerprint density at radius 2 is 1.90 bits per heavy atom. The van der Waals surface area contributed by atoms with Gasteiger partial charge in [-0.15, -0.1) is 0 Å². The van der Waals surface area contributed by atoms with Gasteiger partial charge in [0.25, 0.3) is 0 Å². The van der Waals surface area contributed by atoms with Crippen molar-refractivity contribution in [2.24, 2.45) is 46.3 Å². The fourth-order valence-corrected chi connectivity index (χ4v) is 9.97. The lowest BCUT2D eigenvalue weighted by atomic mass is 9.46. The van der Waals surface area contributed by atoms with Crippen molar-refractivity contribution in [2.45, 2.75) is 103 Å². The maximum absolute atomic E-state index is 11.7. The molecule has 31 heavy (non-hydrogen) atoms. The first-order valence-electron chi connectivity index (χ1n) is 13.2. The van der Waals surface area contributed by atoms with Crippen LogP contribution < -0.4 is 5.32 Å². The van der Waals surface area contributed by atoms with Crippen LogP contribution in [0.15, 0.2) is 11.6 Å². The predicted molar refractivity (Wildman–Crippen MR) is 121 cm³/mol. The Hall–Kier alpha value is -0.420. The lowest BCUT2D eigenvalue weighted by molar-refractivity contribution is -0.141. The van der Waals surface area contributed by atoms with Crippen LogP contribution in [0.3, 0.4) is 0 Å². The number of nitrogens with one attached hydrogen (secondary N) is 1. The van der Waals surface area contributed by atoms with Gasteiger partial charge in [0.05, 0.1) is 18.3 Å². The van der Waals surface area contributed by atoms with Crippen molar-refractivity contribution in [3.05, 3.63) is 11.6 Å². The first kappa shape index (κ1) is 21.1. The van der Waals surface area contributed by atoms with Crippen molar-refractivity contribution >= 4 is 0 Å². The van der Waals surface area contributed by atoms with Gasteiger partial charge >= 0.3 is 0 Å². The Morgan fingerprint density at radius 1 is 1.10 bits per heavy atom. The molecule has 1 spiro atoms. The van der Waals surface area contributed by atoms with Gasteiger partial charge in [0.2, 0.25) is 0 Å². The minimum atomic E-state index is -0.239. The molecule has 0 aromatic heterocycles. The van der Waals surface area contributed by atoms with Crippen molar-refractivity contribution in [1.82, 2.24) is 5.32 Å². The molecule has 0 radical (unpaired) electrons. The normalized spacial score (nSPS) is 60.7. The molecule has 4 nitrogen and oxygen atoms in total. The number of aliphatic hydroxyl groups excluding tert-OH is 2. The molecule has 0 aromatic carbocycles. The third kappa shape index (κ3) is 2.74. The first-order chi connectivity index (χ1) is 14.7.